The summed E-state index contributed by atoms with van der Waals surface area (Å²) in [6.45, 7) is 4.32. The number of nitrogens with zero attached hydrogens (tertiary/aromatic N) is 3. The van der Waals surface area contributed by atoms with Crippen molar-refractivity contribution in [3.8, 4) is 17.6 Å². The van der Waals surface area contributed by atoms with Crippen LogP contribution >= 0.6 is 0 Å². The summed E-state index contributed by atoms with van der Waals surface area (Å²) in [5.74, 6) is 1.79. The van der Waals surface area contributed by atoms with Crippen LogP contribution < -0.4 is 14.8 Å². The third kappa shape index (κ3) is 4.60. The topological polar surface area (TPSA) is 69.9 Å². The predicted octanol–water partition coefficient (Wildman–Crippen LogP) is 3.24. The van der Waals surface area contributed by atoms with E-state index in [4.69, 9.17) is 14.7 Å². The molecule has 3 rings (SSSR count). The Bertz CT molecular complexity index is 953. The molecule has 0 aliphatic carbocycles. The Hall–Kier alpha value is -3.27. The Morgan fingerprint density at radius 2 is 1.93 bits per heavy atom. The number of rotatable bonds is 5. The van der Waals surface area contributed by atoms with Gasteiger partial charge in [-0.2, -0.15) is 5.26 Å². The van der Waals surface area contributed by atoms with Crippen molar-refractivity contribution in [1.82, 2.24) is 10.2 Å². The van der Waals surface area contributed by atoms with Crippen LogP contribution in [0.1, 0.15) is 29.2 Å². The highest BCUT2D eigenvalue weighted by atomic mass is 19.1. The monoisotopic (exact) mass is 396 g/mol. The number of nitrogens with one attached hydrogen (secondary N) is 1. The summed E-state index contributed by atoms with van der Waals surface area (Å²) in [6.07, 6.45) is 0.846. The lowest BCUT2D eigenvalue weighted by molar-refractivity contribution is 0.346. The maximum atomic E-state index is 14.1. The van der Waals surface area contributed by atoms with Crippen molar-refractivity contribution in [3.05, 3.63) is 58.4 Å². The largest absolute Gasteiger partial charge is 0.493 e. The van der Waals surface area contributed by atoms with Crippen LogP contribution in [-0.2, 0) is 19.5 Å². The predicted molar refractivity (Wildman–Crippen MR) is 110 cm³/mol. The molecule has 6 nitrogen and oxygen atoms in total. The number of benzene rings is 2. The van der Waals surface area contributed by atoms with Gasteiger partial charge in [-0.25, -0.2) is 9.38 Å². The fourth-order valence-electron chi connectivity index (χ4n) is 3.42. The fraction of sp³-hybridized carbons (Fsp3) is 0.364. The number of hydrogen-bond donors (Lipinski definition) is 1. The van der Waals surface area contributed by atoms with Crippen LogP contribution in [0.25, 0.3) is 0 Å². The van der Waals surface area contributed by atoms with Crippen molar-refractivity contribution in [2.24, 2.45) is 4.99 Å². The van der Waals surface area contributed by atoms with Gasteiger partial charge in [0.2, 0.25) is 0 Å². The maximum Gasteiger partial charge on any atom is 0.194 e. The SMILES string of the molecule is CCNC(=NCc1cc(C#N)ccc1F)N1CCc2cc(OC)c(OC)cc2C1. The molecule has 29 heavy (non-hydrogen) atoms. The fourth-order valence-corrected chi connectivity index (χ4v) is 3.42. The standard InChI is InChI=1S/C22H25FN4O2/c1-4-25-22(26-13-17-9-15(12-24)5-6-19(17)23)27-8-7-16-10-20(28-2)21(29-3)11-18(16)14-27/h5-6,9-11H,4,7-8,13-14H2,1-3H3,(H,25,26). The third-order valence-corrected chi connectivity index (χ3v) is 4.93. The van der Waals surface area contributed by atoms with E-state index in [0.29, 0.717) is 30.0 Å². The van der Waals surface area contributed by atoms with E-state index in [9.17, 15) is 4.39 Å². The van der Waals surface area contributed by atoms with E-state index in [2.05, 4.69) is 15.2 Å². The highest BCUT2D eigenvalue weighted by molar-refractivity contribution is 5.80. The second-order valence-electron chi connectivity index (χ2n) is 6.74. The number of hydrogen-bond acceptors (Lipinski definition) is 4. The van der Waals surface area contributed by atoms with Gasteiger partial charge in [0.05, 0.1) is 32.4 Å². The van der Waals surface area contributed by atoms with Crippen LogP contribution in [0.15, 0.2) is 35.3 Å². The van der Waals surface area contributed by atoms with Crippen LogP contribution in [0.5, 0.6) is 11.5 Å². The number of ether oxygens (including phenoxy) is 2. The number of fused-ring (bicyclic) bond motifs is 1. The normalized spacial score (nSPS) is 13.5. The van der Waals surface area contributed by atoms with Crippen molar-refractivity contribution in [3.63, 3.8) is 0 Å². The van der Waals surface area contributed by atoms with Gasteiger partial charge in [0.15, 0.2) is 17.5 Å². The second-order valence-corrected chi connectivity index (χ2v) is 6.74. The molecule has 0 spiro atoms. The molecule has 152 valence electrons. The van der Waals surface area contributed by atoms with Crippen LogP contribution in [0.3, 0.4) is 0 Å². The molecule has 0 bridgehead atoms. The number of guanidine groups is 1. The van der Waals surface area contributed by atoms with Crippen molar-refractivity contribution in [1.29, 1.82) is 5.26 Å². The highest BCUT2D eigenvalue weighted by Gasteiger charge is 2.21. The van der Waals surface area contributed by atoms with E-state index in [1.54, 1.807) is 20.3 Å². The molecule has 0 saturated carbocycles. The molecule has 0 saturated heterocycles. The summed E-state index contributed by atoms with van der Waals surface area (Å²) in [7, 11) is 3.26. The smallest absolute Gasteiger partial charge is 0.194 e. The van der Waals surface area contributed by atoms with E-state index in [1.165, 1.54) is 17.7 Å². The minimum absolute atomic E-state index is 0.166. The van der Waals surface area contributed by atoms with Crippen LogP contribution in [0.2, 0.25) is 0 Å². The van der Waals surface area contributed by atoms with Gasteiger partial charge in [-0.3, -0.25) is 0 Å². The first-order valence-corrected chi connectivity index (χ1v) is 9.55. The minimum atomic E-state index is -0.357. The van der Waals surface area contributed by atoms with Gasteiger partial charge in [-0.1, -0.05) is 0 Å². The van der Waals surface area contributed by atoms with Crippen molar-refractivity contribution >= 4 is 5.96 Å². The number of halogens is 1. The van der Waals surface area contributed by atoms with Crippen LogP contribution in [-0.4, -0.2) is 38.2 Å². The van der Waals surface area contributed by atoms with E-state index < -0.39 is 0 Å². The molecule has 0 atom stereocenters. The zero-order valence-corrected chi connectivity index (χ0v) is 17.0. The Morgan fingerprint density at radius 3 is 2.59 bits per heavy atom. The van der Waals surface area contributed by atoms with Gasteiger partial charge in [-0.05, 0) is 54.8 Å². The number of aliphatic imine (C=N–C) groups is 1. The van der Waals surface area contributed by atoms with Crippen molar-refractivity contribution in [2.45, 2.75) is 26.4 Å². The zero-order valence-electron chi connectivity index (χ0n) is 17.0. The molecule has 0 radical (unpaired) electrons. The van der Waals surface area contributed by atoms with Gasteiger partial charge in [0.25, 0.3) is 0 Å². The maximum absolute atomic E-state index is 14.1. The lowest BCUT2D eigenvalue weighted by Gasteiger charge is -2.32. The van der Waals surface area contributed by atoms with Crippen molar-refractivity contribution < 1.29 is 13.9 Å². The van der Waals surface area contributed by atoms with Gasteiger partial charge >= 0.3 is 0 Å². The van der Waals surface area contributed by atoms with Crippen LogP contribution in [0.4, 0.5) is 4.39 Å². The zero-order chi connectivity index (χ0) is 20.8. The molecule has 0 fully saturated rings. The summed E-state index contributed by atoms with van der Waals surface area (Å²) >= 11 is 0. The molecule has 1 N–H and O–H groups in total. The van der Waals surface area contributed by atoms with E-state index in [0.717, 1.165) is 30.2 Å². The second kappa shape index (κ2) is 9.28. The minimum Gasteiger partial charge on any atom is -0.493 e. The quantitative estimate of drug-likeness (QED) is 0.621. The molecule has 0 unspecified atom stereocenters. The first-order valence-electron chi connectivity index (χ1n) is 9.55. The van der Waals surface area contributed by atoms with Gasteiger partial charge in [0, 0.05) is 25.2 Å². The summed E-state index contributed by atoms with van der Waals surface area (Å²) in [5, 5.41) is 12.3. The van der Waals surface area contributed by atoms with Crippen molar-refractivity contribution in [2.75, 3.05) is 27.3 Å². The lowest BCUT2D eigenvalue weighted by atomic mass is 9.99. The molecule has 1 aliphatic rings. The first-order chi connectivity index (χ1) is 14.1. The Labute approximate surface area is 170 Å². The summed E-state index contributed by atoms with van der Waals surface area (Å²) in [6, 6.07) is 10.4. The molecule has 2 aromatic carbocycles. The van der Waals surface area contributed by atoms with Gasteiger partial charge in [0.1, 0.15) is 5.82 Å². The number of methoxy groups -OCH3 is 2. The average molecular weight is 396 g/mol. The molecule has 0 aromatic heterocycles. The van der Waals surface area contributed by atoms with E-state index >= 15 is 0 Å². The molecular weight excluding hydrogens is 371 g/mol. The molecule has 2 aromatic rings. The first kappa shape index (κ1) is 20.5. The molecule has 1 aliphatic heterocycles. The molecular formula is C22H25FN4O2. The number of nitriles is 1. The molecule has 0 amide bonds. The lowest BCUT2D eigenvalue weighted by Crippen LogP contribution is -2.44. The average Bonchev–Trinajstić information content (AvgIpc) is 2.76. The van der Waals surface area contributed by atoms with E-state index in [1.807, 2.05) is 25.1 Å². The summed E-state index contributed by atoms with van der Waals surface area (Å²) in [4.78, 5) is 6.76. The van der Waals surface area contributed by atoms with E-state index in [-0.39, 0.29) is 12.4 Å². The van der Waals surface area contributed by atoms with Gasteiger partial charge in [-0.15, -0.1) is 0 Å². The highest BCUT2D eigenvalue weighted by Crippen LogP contribution is 2.33. The third-order valence-electron chi connectivity index (χ3n) is 4.93. The Balaban J connectivity index is 1.83. The summed E-state index contributed by atoms with van der Waals surface area (Å²) < 4.78 is 24.9. The Morgan fingerprint density at radius 1 is 1.21 bits per heavy atom. The molecule has 1 heterocycles. The summed E-state index contributed by atoms with van der Waals surface area (Å²) in [5.41, 5.74) is 3.21. The Kier molecular flexibility index (Phi) is 6.55. The van der Waals surface area contributed by atoms with Crippen LogP contribution in [0, 0.1) is 17.1 Å². The molecule has 7 heteroatoms. The van der Waals surface area contributed by atoms with Gasteiger partial charge < -0.3 is 19.7 Å².